The quantitative estimate of drug-likeness (QED) is 0.585. The highest BCUT2D eigenvalue weighted by Gasteiger charge is 2.18. The van der Waals surface area contributed by atoms with Crippen molar-refractivity contribution in [2.45, 2.75) is 0 Å². The second kappa shape index (κ2) is 6.24. The van der Waals surface area contributed by atoms with Crippen molar-refractivity contribution in [3.63, 3.8) is 0 Å². The van der Waals surface area contributed by atoms with Crippen molar-refractivity contribution >= 4 is 17.6 Å². The van der Waals surface area contributed by atoms with Crippen molar-refractivity contribution < 1.29 is 4.52 Å². The Balaban J connectivity index is 1.70. The summed E-state index contributed by atoms with van der Waals surface area (Å²) < 4.78 is 6.90. The van der Waals surface area contributed by atoms with E-state index in [-0.39, 0.29) is 23.5 Å². The first-order valence-electron chi connectivity index (χ1n) is 7.74. The molecule has 0 radical (unpaired) electrons. The van der Waals surface area contributed by atoms with Crippen LogP contribution in [0.15, 0.2) is 47.1 Å². The summed E-state index contributed by atoms with van der Waals surface area (Å²) in [5, 5.41) is 8.15. The summed E-state index contributed by atoms with van der Waals surface area (Å²) in [6.07, 6.45) is 1.78. The Kier molecular flexibility index (Phi) is 3.77. The molecule has 10 heteroatoms. The number of rotatable bonds is 4. The second-order valence-corrected chi connectivity index (χ2v) is 5.51. The first-order chi connectivity index (χ1) is 12.6. The molecule has 10 nitrogen and oxygen atoms in total. The number of benzene rings is 1. The van der Waals surface area contributed by atoms with Crippen LogP contribution in [0.2, 0.25) is 0 Å². The molecule has 0 fully saturated rings. The van der Waals surface area contributed by atoms with Gasteiger partial charge in [-0.1, -0.05) is 23.4 Å². The molecule has 0 aliphatic carbocycles. The highest BCUT2D eigenvalue weighted by Crippen LogP contribution is 2.23. The molecule has 130 valence electrons. The summed E-state index contributed by atoms with van der Waals surface area (Å²) in [7, 11) is 3.64. The second-order valence-electron chi connectivity index (χ2n) is 5.51. The SMILES string of the molecule is CN(c1ccccc1)c1nc(N)nc(-c2noc(-c3ccn(C)n3)n2)n1. The molecule has 0 saturated heterocycles. The van der Waals surface area contributed by atoms with Gasteiger partial charge in [-0.25, -0.2) is 0 Å². The Labute approximate surface area is 148 Å². The van der Waals surface area contributed by atoms with Crippen LogP contribution in [0.1, 0.15) is 0 Å². The molecule has 0 amide bonds. The monoisotopic (exact) mass is 349 g/mol. The fourth-order valence-corrected chi connectivity index (χ4v) is 2.35. The van der Waals surface area contributed by atoms with E-state index in [1.54, 1.807) is 28.9 Å². The molecule has 0 unspecified atom stereocenters. The zero-order valence-electron chi connectivity index (χ0n) is 14.1. The molecule has 0 saturated carbocycles. The van der Waals surface area contributed by atoms with Gasteiger partial charge in [0.1, 0.15) is 0 Å². The van der Waals surface area contributed by atoms with Crippen molar-refractivity contribution in [1.29, 1.82) is 0 Å². The third kappa shape index (κ3) is 2.95. The largest absolute Gasteiger partial charge is 0.368 e. The Morgan fingerprint density at radius 3 is 2.54 bits per heavy atom. The number of hydrogen-bond donors (Lipinski definition) is 1. The lowest BCUT2D eigenvalue weighted by molar-refractivity contribution is 0.430. The van der Waals surface area contributed by atoms with Crippen LogP contribution in [0.4, 0.5) is 17.6 Å². The van der Waals surface area contributed by atoms with E-state index in [9.17, 15) is 0 Å². The van der Waals surface area contributed by atoms with Crippen LogP contribution >= 0.6 is 0 Å². The van der Waals surface area contributed by atoms with E-state index in [0.29, 0.717) is 11.6 Å². The standard InChI is InChI=1S/C16H15N9O/c1-24-9-8-11(22-24)14-18-13(23-26-14)12-19-15(17)21-16(20-12)25(2)10-6-4-3-5-7-10/h3-9H,1-2H3,(H2,17,19,20,21). The van der Waals surface area contributed by atoms with Gasteiger partial charge >= 0.3 is 0 Å². The molecule has 0 aliphatic heterocycles. The molecule has 0 aliphatic rings. The highest BCUT2D eigenvalue weighted by atomic mass is 16.5. The van der Waals surface area contributed by atoms with Crippen LogP contribution in [-0.4, -0.2) is 41.9 Å². The maximum Gasteiger partial charge on any atom is 0.278 e. The normalized spacial score (nSPS) is 10.8. The average Bonchev–Trinajstić information content (AvgIpc) is 3.30. The predicted molar refractivity (Wildman–Crippen MR) is 94.2 cm³/mol. The van der Waals surface area contributed by atoms with E-state index in [1.165, 1.54) is 0 Å². The van der Waals surface area contributed by atoms with Crippen molar-refractivity contribution in [2.24, 2.45) is 7.05 Å². The van der Waals surface area contributed by atoms with Gasteiger partial charge in [0.05, 0.1) is 0 Å². The topological polar surface area (TPSA) is 125 Å². The molecular weight excluding hydrogens is 334 g/mol. The number of anilines is 3. The number of aromatic nitrogens is 7. The maximum absolute atomic E-state index is 5.84. The van der Waals surface area contributed by atoms with Crippen LogP contribution in [0.5, 0.6) is 0 Å². The van der Waals surface area contributed by atoms with Gasteiger partial charge in [0.2, 0.25) is 23.5 Å². The molecule has 1 aromatic carbocycles. The molecule has 3 heterocycles. The molecule has 0 atom stereocenters. The lowest BCUT2D eigenvalue weighted by Gasteiger charge is -2.17. The Morgan fingerprint density at radius 1 is 1.00 bits per heavy atom. The predicted octanol–water partition coefficient (Wildman–Crippen LogP) is 1.67. The van der Waals surface area contributed by atoms with Crippen LogP contribution in [0.3, 0.4) is 0 Å². The summed E-state index contributed by atoms with van der Waals surface area (Å²) in [4.78, 5) is 18.8. The highest BCUT2D eigenvalue weighted by molar-refractivity contribution is 5.59. The van der Waals surface area contributed by atoms with E-state index < -0.39 is 0 Å². The minimum Gasteiger partial charge on any atom is -0.368 e. The van der Waals surface area contributed by atoms with Gasteiger partial charge in [0, 0.05) is 26.0 Å². The molecule has 3 aromatic heterocycles. The van der Waals surface area contributed by atoms with Crippen LogP contribution < -0.4 is 10.6 Å². The molecule has 0 bridgehead atoms. The Bertz CT molecular complexity index is 1040. The third-order valence-corrected chi connectivity index (χ3v) is 3.64. The summed E-state index contributed by atoms with van der Waals surface area (Å²) >= 11 is 0. The lowest BCUT2D eigenvalue weighted by Crippen LogP contribution is -2.15. The number of nitrogen functional groups attached to an aromatic ring is 1. The van der Waals surface area contributed by atoms with E-state index in [4.69, 9.17) is 10.3 Å². The summed E-state index contributed by atoms with van der Waals surface area (Å²) in [5.74, 6) is 1.15. The number of para-hydroxylation sites is 1. The van der Waals surface area contributed by atoms with Gasteiger partial charge in [-0.2, -0.15) is 25.0 Å². The minimum absolute atomic E-state index is 0.0666. The Hall–Kier alpha value is -3.82. The van der Waals surface area contributed by atoms with Crippen molar-refractivity contribution in [2.75, 3.05) is 17.7 Å². The molecule has 26 heavy (non-hydrogen) atoms. The summed E-state index contributed by atoms with van der Waals surface area (Å²) in [6, 6.07) is 11.4. The van der Waals surface area contributed by atoms with Crippen molar-refractivity contribution in [3.8, 4) is 23.2 Å². The van der Waals surface area contributed by atoms with Crippen molar-refractivity contribution in [3.05, 3.63) is 42.6 Å². The average molecular weight is 349 g/mol. The van der Waals surface area contributed by atoms with Crippen LogP contribution in [-0.2, 0) is 7.05 Å². The molecule has 2 N–H and O–H groups in total. The number of nitrogens with zero attached hydrogens (tertiary/aromatic N) is 8. The maximum atomic E-state index is 5.84. The van der Waals surface area contributed by atoms with E-state index in [0.717, 1.165) is 5.69 Å². The molecular formula is C16H15N9O. The van der Waals surface area contributed by atoms with Gasteiger partial charge in [-0.15, -0.1) is 0 Å². The minimum atomic E-state index is 0.0666. The van der Waals surface area contributed by atoms with Gasteiger partial charge in [0.25, 0.3) is 5.89 Å². The third-order valence-electron chi connectivity index (χ3n) is 3.64. The van der Waals surface area contributed by atoms with Gasteiger partial charge in [0.15, 0.2) is 5.69 Å². The molecule has 4 rings (SSSR count). The summed E-state index contributed by atoms with van der Waals surface area (Å²) in [5.41, 5.74) is 7.32. The number of nitrogens with two attached hydrogens (primary N) is 1. The first kappa shape index (κ1) is 15.7. The van der Waals surface area contributed by atoms with Gasteiger partial charge < -0.3 is 15.2 Å². The van der Waals surface area contributed by atoms with Crippen LogP contribution in [0, 0.1) is 0 Å². The zero-order valence-corrected chi connectivity index (χ0v) is 14.1. The summed E-state index contributed by atoms with van der Waals surface area (Å²) in [6.45, 7) is 0. The lowest BCUT2D eigenvalue weighted by atomic mass is 10.3. The van der Waals surface area contributed by atoms with E-state index in [2.05, 4.69) is 30.2 Å². The van der Waals surface area contributed by atoms with Gasteiger partial charge in [-0.3, -0.25) is 4.68 Å². The van der Waals surface area contributed by atoms with Crippen LogP contribution in [0.25, 0.3) is 23.2 Å². The molecule has 4 aromatic rings. The van der Waals surface area contributed by atoms with E-state index >= 15 is 0 Å². The number of aryl methyl sites for hydroxylation is 1. The van der Waals surface area contributed by atoms with Gasteiger partial charge in [-0.05, 0) is 18.2 Å². The fourth-order valence-electron chi connectivity index (χ4n) is 2.35. The zero-order chi connectivity index (χ0) is 18.1. The molecule has 0 spiro atoms. The van der Waals surface area contributed by atoms with Crippen molar-refractivity contribution in [1.82, 2.24) is 34.9 Å². The smallest absolute Gasteiger partial charge is 0.278 e. The first-order valence-corrected chi connectivity index (χ1v) is 7.74. The number of hydrogen-bond acceptors (Lipinski definition) is 9. The fraction of sp³-hybridized carbons (Fsp3) is 0.125. The Morgan fingerprint density at radius 2 is 1.81 bits per heavy atom. The van der Waals surface area contributed by atoms with E-state index in [1.807, 2.05) is 37.4 Å².